The standard InChI is InChI=1S/C10H13FIN/c1-3-9-7(6-13-2)4-8(12)5-10(9)11/h4-5,13H,3,6H2,1-2H3. The SMILES string of the molecule is CCc1c(F)cc(I)cc1CNC. The van der Waals surface area contributed by atoms with Crippen molar-refractivity contribution >= 4 is 22.6 Å². The van der Waals surface area contributed by atoms with Gasteiger partial charge in [-0.05, 0) is 59.3 Å². The fourth-order valence-electron chi connectivity index (χ4n) is 1.40. The first-order valence-electron chi connectivity index (χ1n) is 4.30. The van der Waals surface area contributed by atoms with Gasteiger partial charge in [0.25, 0.3) is 0 Å². The summed E-state index contributed by atoms with van der Waals surface area (Å²) in [6.07, 6.45) is 0.750. The Labute approximate surface area is 91.9 Å². The highest BCUT2D eigenvalue weighted by Gasteiger charge is 2.07. The van der Waals surface area contributed by atoms with Crippen LogP contribution in [0.25, 0.3) is 0 Å². The van der Waals surface area contributed by atoms with Gasteiger partial charge in [0.2, 0.25) is 0 Å². The first-order valence-corrected chi connectivity index (χ1v) is 5.38. The van der Waals surface area contributed by atoms with E-state index < -0.39 is 0 Å². The second kappa shape index (κ2) is 4.91. The van der Waals surface area contributed by atoms with Gasteiger partial charge in [-0.3, -0.25) is 0 Å². The molecule has 1 nitrogen and oxygen atoms in total. The van der Waals surface area contributed by atoms with Crippen LogP contribution in [0.15, 0.2) is 12.1 Å². The molecular weight excluding hydrogens is 280 g/mol. The summed E-state index contributed by atoms with van der Waals surface area (Å²) in [4.78, 5) is 0. The number of halogens is 2. The summed E-state index contributed by atoms with van der Waals surface area (Å²) in [5.74, 6) is -0.0837. The molecule has 0 unspecified atom stereocenters. The molecule has 1 aromatic carbocycles. The molecule has 1 aromatic rings. The molecule has 0 amide bonds. The van der Waals surface area contributed by atoms with E-state index in [0.29, 0.717) is 0 Å². The minimum atomic E-state index is -0.0837. The molecule has 1 rings (SSSR count). The van der Waals surface area contributed by atoms with Crippen molar-refractivity contribution in [3.63, 3.8) is 0 Å². The van der Waals surface area contributed by atoms with Gasteiger partial charge in [-0.2, -0.15) is 0 Å². The van der Waals surface area contributed by atoms with E-state index in [9.17, 15) is 4.39 Å². The largest absolute Gasteiger partial charge is 0.316 e. The summed E-state index contributed by atoms with van der Waals surface area (Å²) in [5.41, 5.74) is 1.89. The van der Waals surface area contributed by atoms with Crippen molar-refractivity contribution in [1.29, 1.82) is 0 Å². The van der Waals surface area contributed by atoms with Gasteiger partial charge >= 0.3 is 0 Å². The maximum absolute atomic E-state index is 13.4. The predicted molar refractivity (Wildman–Crippen MR) is 61.3 cm³/mol. The molecule has 0 atom stereocenters. The van der Waals surface area contributed by atoms with Crippen molar-refractivity contribution in [2.24, 2.45) is 0 Å². The number of rotatable bonds is 3. The Morgan fingerprint density at radius 3 is 2.69 bits per heavy atom. The Hall–Kier alpha value is -0.160. The molecule has 0 aliphatic carbocycles. The number of hydrogen-bond donors (Lipinski definition) is 1. The maximum Gasteiger partial charge on any atom is 0.127 e. The van der Waals surface area contributed by atoms with Crippen LogP contribution in [-0.4, -0.2) is 7.05 Å². The molecule has 72 valence electrons. The lowest BCUT2D eigenvalue weighted by Gasteiger charge is -2.09. The van der Waals surface area contributed by atoms with Crippen LogP contribution in [0, 0.1) is 9.39 Å². The van der Waals surface area contributed by atoms with Crippen molar-refractivity contribution < 1.29 is 4.39 Å². The van der Waals surface area contributed by atoms with E-state index in [1.807, 2.05) is 20.0 Å². The van der Waals surface area contributed by atoms with Crippen LogP contribution < -0.4 is 5.32 Å². The smallest absolute Gasteiger partial charge is 0.127 e. The van der Waals surface area contributed by atoms with Crippen molar-refractivity contribution in [2.75, 3.05) is 7.05 Å². The second-order valence-electron chi connectivity index (χ2n) is 2.91. The molecule has 0 aromatic heterocycles. The maximum atomic E-state index is 13.4. The average molecular weight is 293 g/mol. The molecule has 0 heterocycles. The van der Waals surface area contributed by atoms with Gasteiger partial charge in [0.05, 0.1) is 0 Å². The minimum absolute atomic E-state index is 0.0837. The third-order valence-corrected chi connectivity index (χ3v) is 2.60. The highest BCUT2D eigenvalue weighted by molar-refractivity contribution is 14.1. The summed E-state index contributed by atoms with van der Waals surface area (Å²) in [6.45, 7) is 2.71. The Kier molecular flexibility index (Phi) is 4.12. The highest BCUT2D eigenvalue weighted by atomic mass is 127. The lowest BCUT2D eigenvalue weighted by molar-refractivity contribution is 0.605. The lowest BCUT2D eigenvalue weighted by Crippen LogP contribution is -2.09. The summed E-state index contributed by atoms with van der Waals surface area (Å²) >= 11 is 2.14. The fourth-order valence-corrected chi connectivity index (χ4v) is 2.05. The van der Waals surface area contributed by atoms with Gasteiger partial charge in [-0.1, -0.05) is 6.92 Å². The minimum Gasteiger partial charge on any atom is -0.316 e. The van der Waals surface area contributed by atoms with Crippen LogP contribution >= 0.6 is 22.6 Å². The molecule has 13 heavy (non-hydrogen) atoms. The highest BCUT2D eigenvalue weighted by Crippen LogP contribution is 2.18. The molecule has 0 saturated carbocycles. The predicted octanol–water partition coefficient (Wildman–Crippen LogP) is 2.71. The monoisotopic (exact) mass is 293 g/mol. The summed E-state index contributed by atoms with van der Waals surface area (Å²) in [7, 11) is 1.87. The van der Waals surface area contributed by atoms with Gasteiger partial charge in [-0.25, -0.2) is 4.39 Å². The number of hydrogen-bond acceptors (Lipinski definition) is 1. The van der Waals surface area contributed by atoms with Gasteiger partial charge in [-0.15, -0.1) is 0 Å². The zero-order valence-corrected chi connectivity index (χ0v) is 9.98. The number of benzene rings is 1. The Morgan fingerprint density at radius 1 is 1.46 bits per heavy atom. The molecule has 0 aliphatic rings. The van der Waals surface area contributed by atoms with Crippen LogP contribution in [-0.2, 0) is 13.0 Å². The third-order valence-electron chi connectivity index (χ3n) is 1.97. The summed E-state index contributed by atoms with van der Waals surface area (Å²) in [5, 5.41) is 3.04. The molecular formula is C10H13FIN. The van der Waals surface area contributed by atoms with Crippen molar-refractivity contribution in [2.45, 2.75) is 19.9 Å². The second-order valence-corrected chi connectivity index (χ2v) is 4.15. The van der Waals surface area contributed by atoms with E-state index in [4.69, 9.17) is 0 Å². The zero-order chi connectivity index (χ0) is 9.84. The topological polar surface area (TPSA) is 12.0 Å². The van der Waals surface area contributed by atoms with Crippen LogP contribution in [0.3, 0.4) is 0 Å². The normalized spacial score (nSPS) is 10.5. The van der Waals surface area contributed by atoms with Gasteiger partial charge in [0.15, 0.2) is 0 Å². The van der Waals surface area contributed by atoms with E-state index in [1.165, 1.54) is 0 Å². The van der Waals surface area contributed by atoms with Gasteiger partial charge < -0.3 is 5.32 Å². The van der Waals surface area contributed by atoms with Crippen LogP contribution in [0.1, 0.15) is 18.1 Å². The molecule has 0 saturated heterocycles. The number of nitrogens with one attached hydrogen (secondary N) is 1. The Bertz CT molecular complexity index is 299. The van der Waals surface area contributed by atoms with Crippen LogP contribution in [0.4, 0.5) is 4.39 Å². The summed E-state index contributed by atoms with van der Waals surface area (Å²) < 4.78 is 14.4. The molecule has 0 spiro atoms. The van der Waals surface area contributed by atoms with E-state index >= 15 is 0 Å². The van der Waals surface area contributed by atoms with Gasteiger partial charge in [0, 0.05) is 10.1 Å². The van der Waals surface area contributed by atoms with E-state index in [-0.39, 0.29) is 5.82 Å². The Morgan fingerprint density at radius 2 is 2.15 bits per heavy atom. The quantitative estimate of drug-likeness (QED) is 0.845. The van der Waals surface area contributed by atoms with E-state index in [0.717, 1.165) is 27.7 Å². The molecule has 0 radical (unpaired) electrons. The third kappa shape index (κ3) is 2.64. The molecule has 0 bridgehead atoms. The Balaban J connectivity index is 3.13. The fraction of sp³-hybridized carbons (Fsp3) is 0.400. The first kappa shape index (κ1) is 10.9. The zero-order valence-electron chi connectivity index (χ0n) is 7.82. The van der Waals surface area contributed by atoms with Crippen molar-refractivity contribution in [3.05, 3.63) is 32.6 Å². The molecule has 0 fully saturated rings. The van der Waals surface area contributed by atoms with Crippen molar-refractivity contribution in [3.8, 4) is 0 Å². The molecule has 0 aliphatic heterocycles. The first-order chi connectivity index (χ1) is 6.19. The summed E-state index contributed by atoms with van der Waals surface area (Å²) in [6, 6.07) is 3.61. The molecule has 1 N–H and O–H groups in total. The molecule has 3 heteroatoms. The van der Waals surface area contributed by atoms with E-state index in [2.05, 4.69) is 27.9 Å². The van der Waals surface area contributed by atoms with Crippen molar-refractivity contribution in [1.82, 2.24) is 5.32 Å². The average Bonchev–Trinajstić information content (AvgIpc) is 2.04. The van der Waals surface area contributed by atoms with Crippen LogP contribution in [0.2, 0.25) is 0 Å². The van der Waals surface area contributed by atoms with Crippen LogP contribution in [0.5, 0.6) is 0 Å². The van der Waals surface area contributed by atoms with E-state index in [1.54, 1.807) is 6.07 Å². The lowest BCUT2D eigenvalue weighted by atomic mass is 10.0. The van der Waals surface area contributed by atoms with Gasteiger partial charge in [0.1, 0.15) is 5.82 Å².